The highest BCUT2D eigenvalue weighted by Gasteiger charge is 2.39. The van der Waals surface area contributed by atoms with Crippen molar-refractivity contribution in [2.24, 2.45) is 0 Å². The fourth-order valence-corrected chi connectivity index (χ4v) is 1.95. The molecule has 8 heteroatoms. The van der Waals surface area contributed by atoms with Gasteiger partial charge in [0.2, 0.25) is 0 Å². The number of likely N-dealkylation sites (N-methyl/N-ethyl adjacent to an activating group) is 1. The van der Waals surface area contributed by atoms with Gasteiger partial charge in [-0.15, -0.1) is 0 Å². The topological polar surface area (TPSA) is 69.2 Å². The Morgan fingerprint density at radius 2 is 1.96 bits per heavy atom. The van der Waals surface area contributed by atoms with Crippen LogP contribution in [0.2, 0.25) is 0 Å². The molecular formula is C15H16F3N3O2. The molecule has 1 unspecified atom stereocenters. The van der Waals surface area contributed by atoms with Crippen molar-refractivity contribution >= 4 is 5.91 Å². The van der Waals surface area contributed by atoms with E-state index in [-0.39, 0.29) is 5.69 Å². The Morgan fingerprint density at radius 1 is 1.35 bits per heavy atom. The quantitative estimate of drug-likeness (QED) is 0.906. The van der Waals surface area contributed by atoms with E-state index >= 15 is 0 Å². The van der Waals surface area contributed by atoms with Crippen LogP contribution in [-0.4, -0.2) is 52.0 Å². The Hall–Kier alpha value is -2.35. The van der Waals surface area contributed by atoms with Crippen molar-refractivity contribution in [3.05, 3.63) is 41.6 Å². The molecule has 1 amide bonds. The average molecular weight is 327 g/mol. The molecule has 0 aliphatic carbocycles. The van der Waals surface area contributed by atoms with E-state index in [1.807, 2.05) is 31.2 Å². The van der Waals surface area contributed by atoms with E-state index in [9.17, 15) is 18.0 Å². The first-order valence-corrected chi connectivity index (χ1v) is 6.81. The molecule has 1 heterocycles. The maximum absolute atomic E-state index is 12.3. The number of carbonyl (C=O) groups excluding carboxylic acids is 1. The molecule has 23 heavy (non-hydrogen) atoms. The molecule has 0 fully saturated rings. The molecule has 1 aromatic heterocycles. The highest BCUT2D eigenvalue weighted by atomic mass is 19.4. The summed E-state index contributed by atoms with van der Waals surface area (Å²) in [5.41, 5.74) is 2.42. The third-order valence-electron chi connectivity index (χ3n) is 3.33. The molecule has 124 valence electrons. The summed E-state index contributed by atoms with van der Waals surface area (Å²) in [5, 5.41) is 15.5. The minimum Gasteiger partial charge on any atom is -0.382 e. The number of aromatic amines is 1. The number of amides is 1. The van der Waals surface area contributed by atoms with Crippen molar-refractivity contribution in [3.8, 4) is 11.3 Å². The van der Waals surface area contributed by atoms with Crippen LogP contribution in [0.4, 0.5) is 13.2 Å². The zero-order valence-electron chi connectivity index (χ0n) is 12.6. The molecule has 0 bridgehead atoms. The number of aliphatic hydroxyl groups excluding tert-OH is 1. The van der Waals surface area contributed by atoms with Crippen molar-refractivity contribution in [2.75, 3.05) is 13.6 Å². The molecule has 2 rings (SSSR count). The fourth-order valence-electron chi connectivity index (χ4n) is 1.95. The Kier molecular flexibility index (Phi) is 4.74. The van der Waals surface area contributed by atoms with Crippen LogP contribution in [0.1, 0.15) is 16.1 Å². The van der Waals surface area contributed by atoms with Crippen molar-refractivity contribution < 1.29 is 23.1 Å². The van der Waals surface area contributed by atoms with Crippen LogP contribution in [0.25, 0.3) is 11.3 Å². The first-order valence-electron chi connectivity index (χ1n) is 6.81. The van der Waals surface area contributed by atoms with Crippen molar-refractivity contribution in [2.45, 2.75) is 19.2 Å². The SMILES string of the molecule is Cc1ccc(-c2cc(C(=O)N(C)CC(O)C(F)(F)F)[nH]n2)cc1. The fraction of sp³-hybridized carbons (Fsp3) is 0.333. The van der Waals surface area contributed by atoms with E-state index in [0.717, 1.165) is 16.0 Å². The standard InChI is InChI=1S/C15H16F3N3O2/c1-9-3-5-10(6-4-9)11-7-12(20-19-11)14(23)21(2)8-13(22)15(16,17)18/h3-7,13,22H,8H2,1-2H3,(H,19,20). The lowest BCUT2D eigenvalue weighted by molar-refractivity contribution is -0.205. The van der Waals surface area contributed by atoms with Gasteiger partial charge in [-0.1, -0.05) is 29.8 Å². The normalized spacial score (nSPS) is 13.0. The number of carbonyl (C=O) groups is 1. The second-order valence-electron chi connectivity index (χ2n) is 5.28. The number of hydrogen-bond donors (Lipinski definition) is 2. The number of nitrogens with zero attached hydrogens (tertiary/aromatic N) is 2. The predicted molar refractivity (Wildman–Crippen MR) is 77.8 cm³/mol. The van der Waals surface area contributed by atoms with Gasteiger partial charge in [0, 0.05) is 12.6 Å². The van der Waals surface area contributed by atoms with E-state index in [1.54, 1.807) is 0 Å². The number of alkyl halides is 3. The molecule has 0 saturated heterocycles. The Labute approximate surface area is 130 Å². The maximum Gasteiger partial charge on any atom is 0.416 e. The minimum atomic E-state index is -4.77. The lowest BCUT2D eigenvalue weighted by Gasteiger charge is -2.21. The third-order valence-corrected chi connectivity index (χ3v) is 3.33. The zero-order valence-corrected chi connectivity index (χ0v) is 12.6. The molecule has 2 N–H and O–H groups in total. The van der Waals surface area contributed by atoms with Crippen molar-refractivity contribution in [1.29, 1.82) is 0 Å². The Bertz CT molecular complexity index is 680. The van der Waals surface area contributed by atoms with Crippen LogP contribution >= 0.6 is 0 Å². The van der Waals surface area contributed by atoms with Gasteiger partial charge in [0.1, 0.15) is 5.69 Å². The zero-order chi connectivity index (χ0) is 17.2. The number of aromatic nitrogens is 2. The molecule has 0 spiro atoms. The number of halogens is 3. The van der Waals surface area contributed by atoms with E-state index in [4.69, 9.17) is 5.11 Å². The number of nitrogens with one attached hydrogen (secondary N) is 1. The molecule has 2 aromatic rings. The van der Waals surface area contributed by atoms with Gasteiger partial charge < -0.3 is 10.0 Å². The smallest absolute Gasteiger partial charge is 0.382 e. The number of hydrogen-bond acceptors (Lipinski definition) is 3. The number of H-pyrrole nitrogens is 1. The molecule has 1 atom stereocenters. The van der Waals surface area contributed by atoms with Crippen molar-refractivity contribution in [3.63, 3.8) is 0 Å². The number of aryl methyl sites for hydroxylation is 1. The Balaban J connectivity index is 2.10. The first-order chi connectivity index (χ1) is 10.7. The molecule has 5 nitrogen and oxygen atoms in total. The second-order valence-corrected chi connectivity index (χ2v) is 5.28. The molecule has 0 aliphatic rings. The summed E-state index contributed by atoms with van der Waals surface area (Å²) >= 11 is 0. The summed E-state index contributed by atoms with van der Waals surface area (Å²) in [4.78, 5) is 12.9. The van der Waals surface area contributed by atoms with Gasteiger partial charge in [-0.05, 0) is 13.0 Å². The highest BCUT2D eigenvalue weighted by molar-refractivity contribution is 5.93. The molecule has 0 radical (unpaired) electrons. The predicted octanol–water partition coefficient (Wildman–Crippen LogP) is 2.38. The molecule has 0 aliphatic heterocycles. The first kappa shape index (κ1) is 17.0. The van der Waals surface area contributed by atoms with Gasteiger partial charge in [-0.2, -0.15) is 18.3 Å². The van der Waals surface area contributed by atoms with Gasteiger partial charge in [-0.25, -0.2) is 0 Å². The molecular weight excluding hydrogens is 311 g/mol. The van der Waals surface area contributed by atoms with Crippen LogP contribution in [0.5, 0.6) is 0 Å². The number of aliphatic hydroxyl groups is 1. The maximum atomic E-state index is 12.3. The largest absolute Gasteiger partial charge is 0.416 e. The second kappa shape index (κ2) is 6.41. The van der Waals surface area contributed by atoms with Crippen LogP contribution in [-0.2, 0) is 0 Å². The van der Waals surface area contributed by atoms with Gasteiger partial charge in [0.15, 0.2) is 6.10 Å². The van der Waals surface area contributed by atoms with Crippen LogP contribution in [0.15, 0.2) is 30.3 Å². The van der Waals surface area contributed by atoms with Crippen molar-refractivity contribution in [1.82, 2.24) is 15.1 Å². The summed E-state index contributed by atoms with van der Waals surface area (Å²) in [5.74, 6) is -0.681. The minimum absolute atomic E-state index is 0.0532. The van der Waals surface area contributed by atoms with Gasteiger partial charge in [0.25, 0.3) is 5.91 Å². The van der Waals surface area contributed by atoms with E-state index in [1.165, 1.54) is 13.1 Å². The third kappa shape index (κ3) is 4.10. The highest BCUT2D eigenvalue weighted by Crippen LogP contribution is 2.22. The lowest BCUT2D eigenvalue weighted by Crippen LogP contribution is -2.41. The van der Waals surface area contributed by atoms with Gasteiger partial charge >= 0.3 is 6.18 Å². The van der Waals surface area contributed by atoms with Crippen LogP contribution in [0, 0.1) is 6.92 Å². The summed E-state index contributed by atoms with van der Waals surface area (Å²) < 4.78 is 37.0. The van der Waals surface area contributed by atoms with E-state index in [2.05, 4.69) is 10.2 Å². The average Bonchev–Trinajstić information content (AvgIpc) is 2.95. The summed E-state index contributed by atoms with van der Waals surface area (Å²) in [6, 6.07) is 8.89. The summed E-state index contributed by atoms with van der Waals surface area (Å²) in [6.45, 7) is 1.09. The number of rotatable bonds is 4. The van der Waals surface area contributed by atoms with Crippen LogP contribution in [0.3, 0.4) is 0 Å². The molecule has 1 aromatic carbocycles. The van der Waals surface area contributed by atoms with Gasteiger partial charge in [-0.3, -0.25) is 9.89 Å². The monoisotopic (exact) mass is 327 g/mol. The summed E-state index contributed by atoms with van der Waals surface area (Å²) in [7, 11) is 1.18. The van der Waals surface area contributed by atoms with Gasteiger partial charge in [0.05, 0.1) is 12.2 Å². The van der Waals surface area contributed by atoms with E-state index in [0.29, 0.717) is 5.69 Å². The van der Waals surface area contributed by atoms with Crippen LogP contribution < -0.4 is 0 Å². The number of benzene rings is 1. The summed E-state index contributed by atoms with van der Waals surface area (Å²) in [6.07, 6.45) is -7.36. The molecule has 0 saturated carbocycles. The van der Waals surface area contributed by atoms with E-state index < -0.39 is 24.7 Å². The Morgan fingerprint density at radius 3 is 2.52 bits per heavy atom. The lowest BCUT2D eigenvalue weighted by atomic mass is 10.1.